The number of nitrogens with zero attached hydrogens (tertiary/aromatic N) is 1. The fraction of sp³-hybridized carbons (Fsp3) is 0.364. The standard InChI is InChI=1S/C11H16N2O3/c1-13(2)5-6-16-10-4-3-8(11(14)15)7-9(10)12/h3-4,7H,5-6,12H2,1-2H3,(H,14,15). The summed E-state index contributed by atoms with van der Waals surface area (Å²) in [4.78, 5) is 12.7. The first-order chi connectivity index (χ1) is 7.50. The Labute approximate surface area is 94.4 Å². The maximum atomic E-state index is 10.7. The van der Waals surface area contributed by atoms with Gasteiger partial charge in [-0.1, -0.05) is 0 Å². The Morgan fingerprint density at radius 1 is 1.50 bits per heavy atom. The summed E-state index contributed by atoms with van der Waals surface area (Å²) >= 11 is 0. The number of nitrogens with two attached hydrogens (primary N) is 1. The summed E-state index contributed by atoms with van der Waals surface area (Å²) < 4.78 is 5.42. The van der Waals surface area contributed by atoms with Gasteiger partial charge in [0.05, 0.1) is 11.3 Å². The van der Waals surface area contributed by atoms with Crippen LogP contribution in [0.4, 0.5) is 5.69 Å². The number of benzene rings is 1. The van der Waals surface area contributed by atoms with Crippen molar-refractivity contribution in [1.29, 1.82) is 0 Å². The second kappa shape index (κ2) is 5.37. The van der Waals surface area contributed by atoms with Crippen molar-refractivity contribution in [3.05, 3.63) is 23.8 Å². The minimum absolute atomic E-state index is 0.164. The number of ether oxygens (including phenoxy) is 1. The molecule has 1 rings (SSSR count). The molecule has 0 spiro atoms. The van der Waals surface area contributed by atoms with Crippen LogP contribution < -0.4 is 10.5 Å². The molecule has 0 saturated heterocycles. The van der Waals surface area contributed by atoms with Crippen molar-refractivity contribution in [2.45, 2.75) is 0 Å². The van der Waals surface area contributed by atoms with E-state index in [4.69, 9.17) is 15.6 Å². The summed E-state index contributed by atoms with van der Waals surface area (Å²) in [6, 6.07) is 4.45. The van der Waals surface area contributed by atoms with E-state index in [2.05, 4.69) is 0 Å². The van der Waals surface area contributed by atoms with Crippen LogP contribution in [0.3, 0.4) is 0 Å². The number of rotatable bonds is 5. The summed E-state index contributed by atoms with van der Waals surface area (Å²) in [6.45, 7) is 1.30. The number of aromatic carboxylic acids is 1. The van der Waals surface area contributed by atoms with Crippen LogP contribution in [0.5, 0.6) is 5.75 Å². The van der Waals surface area contributed by atoms with E-state index in [0.717, 1.165) is 6.54 Å². The topological polar surface area (TPSA) is 75.8 Å². The fourth-order valence-corrected chi connectivity index (χ4v) is 1.15. The molecular formula is C11H16N2O3. The van der Waals surface area contributed by atoms with Crippen LogP contribution in [0.15, 0.2) is 18.2 Å². The van der Waals surface area contributed by atoms with Crippen molar-refractivity contribution >= 4 is 11.7 Å². The van der Waals surface area contributed by atoms with E-state index in [0.29, 0.717) is 18.0 Å². The van der Waals surface area contributed by atoms with Crippen molar-refractivity contribution in [3.63, 3.8) is 0 Å². The Bertz CT molecular complexity index is 377. The summed E-state index contributed by atoms with van der Waals surface area (Å²) in [5.74, 6) is -0.474. The maximum Gasteiger partial charge on any atom is 0.335 e. The highest BCUT2D eigenvalue weighted by molar-refractivity contribution is 5.89. The zero-order valence-corrected chi connectivity index (χ0v) is 9.43. The lowest BCUT2D eigenvalue weighted by molar-refractivity contribution is 0.0697. The van der Waals surface area contributed by atoms with Crippen molar-refractivity contribution < 1.29 is 14.6 Å². The molecule has 1 aromatic rings. The number of carboxylic acids is 1. The van der Waals surface area contributed by atoms with Gasteiger partial charge < -0.3 is 20.5 Å². The first-order valence-corrected chi connectivity index (χ1v) is 4.91. The first-order valence-electron chi connectivity index (χ1n) is 4.91. The summed E-state index contributed by atoms with van der Waals surface area (Å²) in [5, 5.41) is 8.75. The molecule has 0 radical (unpaired) electrons. The van der Waals surface area contributed by atoms with Crippen molar-refractivity contribution in [2.24, 2.45) is 0 Å². The molecule has 0 saturated carbocycles. The molecule has 0 unspecified atom stereocenters. The van der Waals surface area contributed by atoms with Gasteiger partial charge in [0.25, 0.3) is 0 Å². The van der Waals surface area contributed by atoms with Crippen LogP contribution in [-0.4, -0.2) is 43.2 Å². The van der Waals surface area contributed by atoms with Crippen LogP contribution in [0.2, 0.25) is 0 Å². The molecule has 0 aliphatic heterocycles. The highest BCUT2D eigenvalue weighted by Gasteiger charge is 2.06. The molecule has 0 bridgehead atoms. The third-order valence-corrected chi connectivity index (χ3v) is 2.05. The van der Waals surface area contributed by atoms with Gasteiger partial charge in [0, 0.05) is 6.54 Å². The molecule has 0 aromatic heterocycles. The number of hydrogen-bond donors (Lipinski definition) is 2. The summed E-state index contributed by atoms with van der Waals surface area (Å²) in [7, 11) is 3.89. The number of nitrogen functional groups attached to an aromatic ring is 1. The van der Waals surface area contributed by atoms with Crippen LogP contribution in [0.1, 0.15) is 10.4 Å². The number of carbonyl (C=O) groups is 1. The Balaban J connectivity index is 2.64. The van der Waals surface area contributed by atoms with E-state index < -0.39 is 5.97 Å². The van der Waals surface area contributed by atoms with Crippen LogP contribution in [-0.2, 0) is 0 Å². The minimum Gasteiger partial charge on any atom is -0.490 e. The smallest absolute Gasteiger partial charge is 0.335 e. The van der Waals surface area contributed by atoms with Gasteiger partial charge in [0.1, 0.15) is 12.4 Å². The predicted octanol–water partition coefficient (Wildman–Crippen LogP) is 0.907. The molecule has 1 aromatic carbocycles. The molecule has 0 amide bonds. The lowest BCUT2D eigenvalue weighted by atomic mass is 10.2. The molecule has 5 heteroatoms. The van der Waals surface area contributed by atoms with Gasteiger partial charge in [0.2, 0.25) is 0 Å². The van der Waals surface area contributed by atoms with Crippen molar-refractivity contribution in [2.75, 3.05) is 33.0 Å². The van der Waals surface area contributed by atoms with E-state index in [-0.39, 0.29) is 5.56 Å². The van der Waals surface area contributed by atoms with Gasteiger partial charge in [-0.2, -0.15) is 0 Å². The van der Waals surface area contributed by atoms with E-state index in [1.165, 1.54) is 12.1 Å². The van der Waals surface area contributed by atoms with Crippen LogP contribution in [0, 0.1) is 0 Å². The van der Waals surface area contributed by atoms with E-state index >= 15 is 0 Å². The summed E-state index contributed by atoms with van der Waals surface area (Å²) in [6.07, 6.45) is 0. The zero-order chi connectivity index (χ0) is 12.1. The van der Waals surface area contributed by atoms with Gasteiger partial charge >= 0.3 is 5.97 Å². The molecule has 0 aliphatic rings. The third kappa shape index (κ3) is 3.43. The van der Waals surface area contributed by atoms with Crippen LogP contribution in [0.25, 0.3) is 0 Å². The van der Waals surface area contributed by atoms with Crippen LogP contribution >= 0.6 is 0 Å². The predicted molar refractivity (Wildman–Crippen MR) is 61.9 cm³/mol. The van der Waals surface area contributed by atoms with Gasteiger partial charge in [-0.25, -0.2) is 4.79 Å². The zero-order valence-electron chi connectivity index (χ0n) is 9.43. The van der Waals surface area contributed by atoms with E-state index in [9.17, 15) is 4.79 Å². The highest BCUT2D eigenvalue weighted by atomic mass is 16.5. The quantitative estimate of drug-likeness (QED) is 0.727. The first kappa shape index (κ1) is 12.3. The molecule has 5 nitrogen and oxygen atoms in total. The SMILES string of the molecule is CN(C)CCOc1ccc(C(=O)O)cc1N. The third-order valence-electron chi connectivity index (χ3n) is 2.05. The molecule has 0 heterocycles. The summed E-state index contributed by atoms with van der Waals surface area (Å²) in [5.41, 5.74) is 6.18. The Kier molecular flexibility index (Phi) is 4.13. The normalized spacial score (nSPS) is 10.4. The van der Waals surface area contributed by atoms with Gasteiger partial charge in [0.15, 0.2) is 0 Å². The average molecular weight is 224 g/mol. The monoisotopic (exact) mass is 224 g/mol. The van der Waals surface area contributed by atoms with Gasteiger partial charge in [-0.05, 0) is 32.3 Å². The molecule has 16 heavy (non-hydrogen) atoms. The lowest BCUT2D eigenvalue weighted by Gasteiger charge is -2.12. The van der Waals surface area contributed by atoms with E-state index in [1.807, 2.05) is 19.0 Å². The largest absolute Gasteiger partial charge is 0.490 e. The van der Waals surface area contributed by atoms with Gasteiger partial charge in [-0.3, -0.25) is 0 Å². The Hall–Kier alpha value is -1.75. The fourth-order valence-electron chi connectivity index (χ4n) is 1.15. The highest BCUT2D eigenvalue weighted by Crippen LogP contribution is 2.22. The minimum atomic E-state index is -0.994. The van der Waals surface area contributed by atoms with E-state index in [1.54, 1.807) is 6.07 Å². The average Bonchev–Trinajstić information content (AvgIpc) is 2.19. The number of anilines is 1. The van der Waals surface area contributed by atoms with Crippen molar-refractivity contribution in [3.8, 4) is 5.75 Å². The Morgan fingerprint density at radius 2 is 2.19 bits per heavy atom. The number of hydrogen-bond acceptors (Lipinski definition) is 4. The number of likely N-dealkylation sites (N-methyl/N-ethyl adjacent to an activating group) is 1. The Morgan fingerprint density at radius 3 is 2.69 bits per heavy atom. The second-order valence-electron chi connectivity index (χ2n) is 3.71. The second-order valence-corrected chi connectivity index (χ2v) is 3.71. The van der Waals surface area contributed by atoms with Crippen molar-refractivity contribution in [1.82, 2.24) is 4.90 Å². The molecule has 3 N–H and O–H groups in total. The number of carboxylic acid groups (broad SMARTS) is 1. The molecule has 88 valence electrons. The maximum absolute atomic E-state index is 10.7. The van der Waals surface area contributed by atoms with Gasteiger partial charge in [-0.15, -0.1) is 0 Å². The molecule has 0 atom stereocenters. The molecular weight excluding hydrogens is 208 g/mol. The molecule has 0 fully saturated rings. The molecule has 0 aliphatic carbocycles. The lowest BCUT2D eigenvalue weighted by Crippen LogP contribution is -2.19.